The summed E-state index contributed by atoms with van der Waals surface area (Å²) in [5.41, 5.74) is 0.818. The van der Waals surface area contributed by atoms with Crippen molar-refractivity contribution < 1.29 is 22.6 Å². The van der Waals surface area contributed by atoms with E-state index in [0.717, 1.165) is 24.6 Å². The fourth-order valence-corrected chi connectivity index (χ4v) is 3.82. The monoisotopic (exact) mass is 533 g/mol. The first kappa shape index (κ1) is 25.0. The molecule has 0 aliphatic carbocycles. The van der Waals surface area contributed by atoms with E-state index >= 15 is 0 Å². The number of nitrogens with one attached hydrogen (secondary N) is 2. The molecular formula is C18H27F3IN3O2S. The first-order valence-corrected chi connectivity index (χ1v) is 9.96. The third kappa shape index (κ3) is 8.97. The molecule has 1 heterocycles. The largest absolute Gasteiger partial charge is 0.493 e. The zero-order valence-corrected chi connectivity index (χ0v) is 19.1. The predicted molar refractivity (Wildman–Crippen MR) is 118 cm³/mol. The molecule has 10 heteroatoms. The summed E-state index contributed by atoms with van der Waals surface area (Å²) in [6, 6.07) is 4.81. The van der Waals surface area contributed by atoms with Gasteiger partial charge in [-0.2, -0.15) is 24.9 Å². The van der Waals surface area contributed by atoms with Gasteiger partial charge in [-0.1, -0.05) is 6.07 Å². The van der Waals surface area contributed by atoms with Gasteiger partial charge in [0.2, 0.25) is 0 Å². The fourth-order valence-electron chi connectivity index (χ4n) is 2.62. The number of nitrogens with zero attached hydrogens (tertiary/aromatic N) is 1. The number of hydrogen-bond acceptors (Lipinski definition) is 4. The summed E-state index contributed by atoms with van der Waals surface area (Å²) in [4.78, 5) is 4.54. The van der Waals surface area contributed by atoms with Crippen molar-refractivity contribution in [1.82, 2.24) is 10.6 Å². The molecule has 1 unspecified atom stereocenters. The topological polar surface area (TPSA) is 54.9 Å². The molecule has 2 N–H and O–H groups in total. The molecule has 0 amide bonds. The minimum atomic E-state index is -4.39. The Bertz CT molecular complexity index is 627. The molecule has 160 valence electrons. The molecule has 28 heavy (non-hydrogen) atoms. The van der Waals surface area contributed by atoms with Gasteiger partial charge < -0.3 is 20.1 Å². The van der Waals surface area contributed by atoms with E-state index in [1.165, 1.54) is 31.8 Å². The standard InChI is InChI=1S/C18H26F3N3O2S.HI/c1-3-22-17(24-11-14-5-4-8-27-14)23-10-13-6-7-15(16(9-13)25-2)26-12-18(19,20)21;/h6-7,9,14H,3-5,8,10-12H2,1-2H3,(H2,22,23,24);1H. The lowest BCUT2D eigenvalue weighted by Gasteiger charge is -2.15. The summed E-state index contributed by atoms with van der Waals surface area (Å²) in [6.45, 7) is 2.64. The molecule has 0 aromatic heterocycles. The molecular weight excluding hydrogens is 506 g/mol. The Hall–Kier alpha value is -1.04. The lowest BCUT2D eigenvalue weighted by molar-refractivity contribution is -0.153. The second-order valence-electron chi connectivity index (χ2n) is 6.10. The van der Waals surface area contributed by atoms with Crippen molar-refractivity contribution in [2.24, 2.45) is 4.99 Å². The summed E-state index contributed by atoms with van der Waals surface area (Å²) in [6.07, 6.45) is -1.92. The highest BCUT2D eigenvalue weighted by molar-refractivity contribution is 14.0. The number of methoxy groups -OCH3 is 1. The Kier molecular flexibility index (Phi) is 11.2. The van der Waals surface area contributed by atoms with E-state index in [9.17, 15) is 13.2 Å². The van der Waals surface area contributed by atoms with Crippen LogP contribution in [0, 0.1) is 0 Å². The van der Waals surface area contributed by atoms with E-state index in [1.807, 2.05) is 18.7 Å². The van der Waals surface area contributed by atoms with Crippen molar-refractivity contribution in [3.05, 3.63) is 23.8 Å². The van der Waals surface area contributed by atoms with Crippen molar-refractivity contribution in [3.8, 4) is 11.5 Å². The van der Waals surface area contributed by atoms with Crippen molar-refractivity contribution in [2.75, 3.05) is 32.6 Å². The number of hydrogen-bond donors (Lipinski definition) is 2. The number of rotatable bonds is 8. The van der Waals surface area contributed by atoms with Crippen LogP contribution < -0.4 is 20.1 Å². The second-order valence-corrected chi connectivity index (χ2v) is 7.51. The highest BCUT2D eigenvalue weighted by atomic mass is 127. The van der Waals surface area contributed by atoms with Crippen molar-refractivity contribution in [1.29, 1.82) is 0 Å². The lowest BCUT2D eigenvalue weighted by atomic mass is 10.2. The number of guanidine groups is 1. The molecule has 1 aromatic carbocycles. The molecule has 1 fully saturated rings. The summed E-state index contributed by atoms with van der Waals surface area (Å²) in [7, 11) is 1.40. The zero-order valence-electron chi connectivity index (χ0n) is 16.0. The van der Waals surface area contributed by atoms with Crippen LogP contribution in [0.2, 0.25) is 0 Å². The normalized spacial score (nSPS) is 17.0. The van der Waals surface area contributed by atoms with Gasteiger partial charge in [0.25, 0.3) is 0 Å². The Balaban J connectivity index is 0.00000392. The van der Waals surface area contributed by atoms with Gasteiger partial charge in [0.15, 0.2) is 24.1 Å². The average Bonchev–Trinajstić information content (AvgIpc) is 3.15. The van der Waals surface area contributed by atoms with E-state index in [4.69, 9.17) is 9.47 Å². The van der Waals surface area contributed by atoms with E-state index in [2.05, 4.69) is 15.6 Å². The average molecular weight is 533 g/mol. The van der Waals surface area contributed by atoms with E-state index in [-0.39, 0.29) is 35.5 Å². The Morgan fingerprint density at radius 1 is 1.29 bits per heavy atom. The maximum Gasteiger partial charge on any atom is 0.422 e. The summed E-state index contributed by atoms with van der Waals surface area (Å²) in [5.74, 6) is 2.25. The highest BCUT2D eigenvalue weighted by Crippen LogP contribution is 2.30. The van der Waals surface area contributed by atoms with E-state index in [0.29, 0.717) is 11.8 Å². The van der Waals surface area contributed by atoms with Crippen LogP contribution in [0.3, 0.4) is 0 Å². The van der Waals surface area contributed by atoms with Gasteiger partial charge in [0, 0.05) is 18.3 Å². The van der Waals surface area contributed by atoms with Crippen LogP contribution in [0.15, 0.2) is 23.2 Å². The molecule has 1 saturated heterocycles. The van der Waals surface area contributed by atoms with Gasteiger partial charge >= 0.3 is 6.18 Å². The molecule has 1 aliphatic heterocycles. The van der Waals surface area contributed by atoms with Gasteiger partial charge in [-0.15, -0.1) is 24.0 Å². The molecule has 1 atom stereocenters. The third-order valence-corrected chi connectivity index (χ3v) is 5.30. The van der Waals surface area contributed by atoms with Crippen molar-refractivity contribution >= 4 is 41.7 Å². The number of alkyl halides is 3. The second kappa shape index (κ2) is 12.5. The summed E-state index contributed by atoms with van der Waals surface area (Å²) >= 11 is 1.97. The number of ether oxygens (including phenoxy) is 2. The van der Waals surface area contributed by atoms with Gasteiger partial charge in [0.1, 0.15) is 0 Å². The van der Waals surface area contributed by atoms with Crippen LogP contribution in [-0.2, 0) is 6.54 Å². The highest BCUT2D eigenvalue weighted by Gasteiger charge is 2.29. The van der Waals surface area contributed by atoms with Crippen LogP contribution in [0.1, 0.15) is 25.3 Å². The summed E-state index contributed by atoms with van der Waals surface area (Å²) < 4.78 is 46.9. The predicted octanol–water partition coefficient (Wildman–Crippen LogP) is 4.21. The third-order valence-electron chi connectivity index (χ3n) is 3.90. The van der Waals surface area contributed by atoms with Gasteiger partial charge in [-0.25, -0.2) is 4.99 Å². The molecule has 0 saturated carbocycles. The SMILES string of the molecule is CCNC(=NCc1ccc(OCC(F)(F)F)c(OC)c1)NCC1CCCS1.I. The van der Waals surface area contributed by atoms with Crippen LogP contribution in [-0.4, -0.2) is 49.9 Å². The van der Waals surface area contributed by atoms with Crippen molar-refractivity contribution in [2.45, 2.75) is 37.7 Å². The lowest BCUT2D eigenvalue weighted by Crippen LogP contribution is -2.40. The molecule has 1 aromatic rings. The van der Waals surface area contributed by atoms with E-state index < -0.39 is 12.8 Å². The maximum atomic E-state index is 12.3. The fraction of sp³-hybridized carbons (Fsp3) is 0.611. The maximum absolute atomic E-state index is 12.3. The first-order valence-electron chi connectivity index (χ1n) is 8.91. The Labute approximate surface area is 185 Å². The molecule has 0 bridgehead atoms. The number of thioether (sulfide) groups is 1. The van der Waals surface area contributed by atoms with E-state index in [1.54, 1.807) is 12.1 Å². The molecule has 5 nitrogen and oxygen atoms in total. The summed E-state index contributed by atoms with van der Waals surface area (Å²) in [5, 5.41) is 7.16. The van der Waals surface area contributed by atoms with Crippen LogP contribution >= 0.6 is 35.7 Å². The van der Waals surface area contributed by atoms with Crippen LogP contribution in [0.4, 0.5) is 13.2 Å². The number of halogens is 4. The Morgan fingerprint density at radius 3 is 2.68 bits per heavy atom. The molecule has 0 spiro atoms. The smallest absolute Gasteiger partial charge is 0.422 e. The van der Waals surface area contributed by atoms with Crippen LogP contribution in [0.5, 0.6) is 11.5 Å². The van der Waals surface area contributed by atoms with Crippen LogP contribution in [0.25, 0.3) is 0 Å². The zero-order chi connectivity index (χ0) is 19.7. The Morgan fingerprint density at radius 2 is 2.07 bits per heavy atom. The minimum absolute atomic E-state index is 0. The minimum Gasteiger partial charge on any atom is -0.493 e. The van der Waals surface area contributed by atoms with Crippen molar-refractivity contribution in [3.63, 3.8) is 0 Å². The quantitative estimate of drug-likeness (QED) is 0.298. The number of benzene rings is 1. The molecule has 1 aliphatic rings. The van der Waals surface area contributed by atoms with Gasteiger partial charge in [0.05, 0.1) is 13.7 Å². The molecule has 0 radical (unpaired) electrons. The number of aliphatic imine (C=N–C) groups is 1. The molecule has 2 rings (SSSR count). The van der Waals surface area contributed by atoms with Gasteiger partial charge in [-0.05, 0) is 43.2 Å². The first-order chi connectivity index (χ1) is 12.9. The van der Waals surface area contributed by atoms with Gasteiger partial charge in [-0.3, -0.25) is 0 Å².